The molecule has 1 aromatic carbocycles. The van der Waals surface area contributed by atoms with Gasteiger partial charge in [0.05, 0.1) is 33.3 Å². The smallest absolute Gasteiger partial charge is 0.244 e. The molecule has 0 radical (unpaired) electrons. The highest BCUT2D eigenvalue weighted by Crippen LogP contribution is 2.28. The van der Waals surface area contributed by atoms with Crippen LogP contribution in [-0.2, 0) is 4.79 Å². The van der Waals surface area contributed by atoms with Crippen LogP contribution in [0.4, 0.5) is 0 Å². The molecule has 1 aromatic rings. The molecule has 0 unspecified atom stereocenters. The third-order valence-corrected chi connectivity index (χ3v) is 4.00. The zero-order valence-corrected chi connectivity index (χ0v) is 14.0. The van der Waals surface area contributed by atoms with E-state index in [4.69, 9.17) is 14.7 Å². The highest BCUT2D eigenvalue weighted by atomic mass is 16.5. The Balaban J connectivity index is 1.83. The van der Waals surface area contributed by atoms with Crippen LogP contribution in [0.2, 0.25) is 0 Å². The van der Waals surface area contributed by atoms with Crippen LogP contribution in [-0.4, -0.2) is 45.8 Å². The molecule has 0 aliphatic carbocycles. The minimum atomic E-state index is -0.0997. The number of hydrogen-bond donors (Lipinski definition) is 2. The first-order valence-electron chi connectivity index (χ1n) is 8.20. The van der Waals surface area contributed by atoms with Gasteiger partial charge in [-0.15, -0.1) is 0 Å². The van der Waals surface area contributed by atoms with Crippen LogP contribution < -0.4 is 19.7 Å². The van der Waals surface area contributed by atoms with Gasteiger partial charge >= 0.3 is 0 Å². The lowest BCUT2D eigenvalue weighted by atomic mass is 10.2. The van der Waals surface area contributed by atoms with Crippen LogP contribution >= 0.6 is 0 Å². The van der Waals surface area contributed by atoms with Crippen molar-refractivity contribution >= 4 is 12.0 Å². The lowest BCUT2D eigenvalue weighted by molar-refractivity contribution is -0.886. The van der Waals surface area contributed by atoms with Crippen molar-refractivity contribution in [2.45, 2.75) is 12.8 Å². The Hall–Kier alpha value is -2.52. The largest absolute Gasteiger partial charge is 0.493 e. The molecule has 1 fully saturated rings. The van der Waals surface area contributed by atoms with E-state index in [1.54, 1.807) is 23.1 Å². The summed E-state index contributed by atoms with van der Waals surface area (Å²) >= 11 is 0. The van der Waals surface area contributed by atoms with Gasteiger partial charge in [-0.25, -0.2) is 0 Å². The minimum absolute atomic E-state index is 0.0348. The second-order valence-electron chi connectivity index (χ2n) is 5.69. The number of nitrogens with zero attached hydrogens (tertiary/aromatic N) is 1. The van der Waals surface area contributed by atoms with E-state index < -0.39 is 0 Å². The minimum Gasteiger partial charge on any atom is -0.493 e. The maximum atomic E-state index is 11.9. The molecule has 0 aromatic heterocycles. The van der Waals surface area contributed by atoms with Gasteiger partial charge in [0.2, 0.25) is 5.91 Å². The van der Waals surface area contributed by atoms with Gasteiger partial charge in [-0.1, -0.05) is 6.07 Å². The molecule has 6 nitrogen and oxygen atoms in total. The molecule has 128 valence electrons. The van der Waals surface area contributed by atoms with Gasteiger partial charge in [0.15, 0.2) is 18.1 Å². The van der Waals surface area contributed by atoms with E-state index >= 15 is 0 Å². The van der Waals surface area contributed by atoms with Crippen LogP contribution in [0.5, 0.6) is 11.5 Å². The van der Waals surface area contributed by atoms with E-state index in [0.29, 0.717) is 18.0 Å². The Bertz CT molecular complexity index is 616. The highest BCUT2D eigenvalue weighted by Gasteiger charge is 2.14. The second kappa shape index (κ2) is 9.58. The third kappa shape index (κ3) is 5.60. The van der Waals surface area contributed by atoms with Crippen molar-refractivity contribution < 1.29 is 19.2 Å². The van der Waals surface area contributed by atoms with Crippen molar-refractivity contribution in [1.82, 2.24) is 5.32 Å². The predicted octanol–water partition coefficient (Wildman–Crippen LogP) is 0.406. The molecule has 0 bridgehead atoms. The van der Waals surface area contributed by atoms with Crippen molar-refractivity contribution in [1.29, 1.82) is 5.26 Å². The fourth-order valence-corrected chi connectivity index (χ4v) is 2.74. The number of carbonyl (C=O) groups is 1. The summed E-state index contributed by atoms with van der Waals surface area (Å²) in [6.07, 6.45) is 5.83. The quantitative estimate of drug-likeness (QED) is 0.677. The molecule has 0 saturated carbocycles. The van der Waals surface area contributed by atoms with Gasteiger partial charge < -0.3 is 19.7 Å². The SMILES string of the molecule is COc1cc(/C=C/C(=O)NCC[NH+]2CCCC2)ccc1OCC#N. The average molecular weight is 330 g/mol. The molecule has 24 heavy (non-hydrogen) atoms. The van der Waals surface area contributed by atoms with Crippen LogP contribution in [0.25, 0.3) is 6.08 Å². The van der Waals surface area contributed by atoms with Crippen LogP contribution in [0.1, 0.15) is 18.4 Å². The summed E-state index contributed by atoms with van der Waals surface area (Å²) in [7, 11) is 1.54. The number of likely N-dealkylation sites (tertiary alicyclic amines) is 1. The molecule has 1 amide bonds. The number of methoxy groups -OCH3 is 1. The monoisotopic (exact) mass is 330 g/mol. The van der Waals surface area contributed by atoms with Gasteiger partial charge in [-0.3, -0.25) is 4.79 Å². The Kier molecular flexibility index (Phi) is 7.12. The van der Waals surface area contributed by atoms with Gasteiger partial charge in [0, 0.05) is 18.9 Å². The van der Waals surface area contributed by atoms with E-state index in [-0.39, 0.29) is 12.5 Å². The number of ether oxygens (including phenoxy) is 2. The van der Waals surface area contributed by atoms with Gasteiger partial charge in [-0.05, 0) is 23.8 Å². The fraction of sp³-hybridized carbons (Fsp3) is 0.444. The Morgan fingerprint density at radius 1 is 1.38 bits per heavy atom. The maximum Gasteiger partial charge on any atom is 0.244 e. The molecule has 6 heteroatoms. The first-order chi connectivity index (χ1) is 11.7. The van der Waals surface area contributed by atoms with E-state index in [0.717, 1.165) is 12.1 Å². The van der Waals surface area contributed by atoms with Gasteiger partial charge in [-0.2, -0.15) is 5.26 Å². The zero-order valence-electron chi connectivity index (χ0n) is 14.0. The topological polar surface area (TPSA) is 75.8 Å². The number of nitrogens with one attached hydrogen (secondary N) is 2. The third-order valence-electron chi connectivity index (χ3n) is 4.00. The standard InChI is InChI=1S/C18H23N3O3/c1-23-17-14-15(4-6-16(17)24-13-8-19)5-7-18(22)20-9-12-21-10-2-3-11-21/h4-7,14H,2-3,9-13H2,1H3,(H,20,22)/p+1/b7-5+. The number of rotatable bonds is 8. The number of carbonyl (C=O) groups excluding carboxylic acids is 1. The van der Waals surface area contributed by atoms with Crippen molar-refractivity contribution in [3.05, 3.63) is 29.8 Å². The zero-order chi connectivity index (χ0) is 17.2. The van der Waals surface area contributed by atoms with Crippen LogP contribution in [0.15, 0.2) is 24.3 Å². The maximum absolute atomic E-state index is 11.9. The Morgan fingerprint density at radius 2 is 2.17 bits per heavy atom. The van der Waals surface area contributed by atoms with E-state index in [1.807, 2.05) is 12.1 Å². The number of quaternary nitrogens is 1. The molecule has 2 rings (SSSR count). The molecular weight excluding hydrogens is 306 g/mol. The summed E-state index contributed by atoms with van der Waals surface area (Å²) in [6, 6.07) is 7.22. The van der Waals surface area contributed by atoms with Crippen molar-refractivity contribution in [3.63, 3.8) is 0 Å². The average Bonchev–Trinajstić information content (AvgIpc) is 3.11. The normalized spacial score (nSPS) is 14.5. The van der Waals surface area contributed by atoms with Gasteiger partial charge in [0.25, 0.3) is 0 Å². The Morgan fingerprint density at radius 3 is 2.88 bits per heavy atom. The predicted molar refractivity (Wildman–Crippen MR) is 90.9 cm³/mol. The van der Waals surface area contributed by atoms with Crippen molar-refractivity contribution in [3.8, 4) is 17.6 Å². The molecule has 1 aliphatic heterocycles. The van der Waals surface area contributed by atoms with Gasteiger partial charge in [0.1, 0.15) is 6.07 Å². The van der Waals surface area contributed by atoms with Crippen molar-refractivity contribution in [2.24, 2.45) is 0 Å². The lowest BCUT2D eigenvalue weighted by Crippen LogP contribution is -3.10. The summed E-state index contributed by atoms with van der Waals surface area (Å²) in [5.41, 5.74) is 0.830. The summed E-state index contributed by atoms with van der Waals surface area (Å²) in [4.78, 5) is 13.4. The lowest BCUT2D eigenvalue weighted by Gasteiger charge is -2.11. The fourth-order valence-electron chi connectivity index (χ4n) is 2.74. The van der Waals surface area contributed by atoms with E-state index in [2.05, 4.69) is 5.32 Å². The molecule has 0 atom stereocenters. The first-order valence-corrected chi connectivity index (χ1v) is 8.20. The summed E-state index contributed by atoms with van der Waals surface area (Å²) in [6.45, 7) is 4.07. The molecular formula is C18H24N3O3+. The molecule has 0 spiro atoms. The number of benzene rings is 1. The van der Waals surface area contributed by atoms with E-state index in [9.17, 15) is 4.79 Å². The molecule has 1 saturated heterocycles. The van der Waals surface area contributed by atoms with Crippen LogP contribution in [0, 0.1) is 11.3 Å². The highest BCUT2D eigenvalue weighted by molar-refractivity contribution is 5.91. The summed E-state index contributed by atoms with van der Waals surface area (Å²) < 4.78 is 10.5. The molecule has 1 aliphatic rings. The number of hydrogen-bond acceptors (Lipinski definition) is 4. The Labute approximate surface area is 142 Å². The second-order valence-corrected chi connectivity index (χ2v) is 5.69. The molecule has 2 N–H and O–H groups in total. The van der Waals surface area contributed by atoms with E-state index in [1.165, 1.54) is 39.1 Å². The number of amides is 1. The first kappa shape index (κ1) is 17.8. The number of nitriles is 1. The molecule has 1 heterocycles. The summed E-state index contributed by atoms with van der Waals surface area (Å²) in [5.74, 6) is 0.942. The summed E-state index contributed by atoms with van der Waals surface area (Å²) in [5, 5.41) is 11.5. The van der Waals surface area contributed by atoms with Crippen molar-refractivity contribution in [2.75, 3.05) is 39.9 Å². The van der Waals surface area contributed by atoms with Crippen LogP contribution in [0.3, 0.4) is 0 Å².